The molecule has 3 heterocycles. The lowest BCUT2D eigenvalue weighted by atomic mass is 9.96. The van der Waals surface area contributed by atoms with E-state index in [4.69, 9.17) is 9.47 Å². The van der Waals surface area contributed by atoms with Gasteiger partial charge in [-0.15, -0.1) is 0 Å². The van der Waals surface area contributed by atoms with Gasteiger partial charge in [-0.3, -0.25) is 9.69 Å². The number of piperidine rings is 1. The van der Waals surface area contributed by atoms with Crippen LogP contribution >= 0.6 is 11.3 Å². The summed E-state index contributed by atoms with van der Waals surface area (Å²) in [6, 6.07) is 10.7. The second-order valence-electron chi connectivity index (χ2n) is 9.05. The maximum Gasteiger partial charge on any atom is 0.243 e. The third kappa shape index (κ3) is 5.10. The zero-order valence-electron chi connectivity index (χ0n) is 19.9. The number of thiazole rings is 1. The molecule has 0 radical (unpaired) electrons. The Kier molecular flexibility index (Phi) is 7.25. The first-order valence-corrected chi connectivity index (χ1v) is 14.2. The molecule has 2 saturated heterocycles. The Morgan fingerprint density at radius 3 is 2.61 bits per heavy atom. The maximum atomic E-state index is 13.7. The van der Waals surface area contributed by atoms with Gasteiger partial charge in [-0.05, 0) is 68.1 Å². The van der Waals surface area contributed by atoms with E-state index in [9.17, 15) is 17.6 Å². The van der Waals surface area contributed by atoms with Crippen LogP contribution in [0.25, 0.3) is 10.2 Å². The summed E-state index contributed by atoms with van der Waals surface area (Å²) in [6.45, 7) is 1.55. The van der Waals surface area contributed by atoms with Gasteiger partial charge in [0.15, 0.2) is 5.13 Å². The van der Waals surface area contributed by atoms with Crippen LogP contribution in [-0.2, 0) is 19.6 Å². The molecule has 0 N–H and O–H groups in total. The molecule has 36 heavy (non-hydrogen) atoms. The second kappa shape index (κ2) is 10.4. The first kappa shape index (κ1) is 25.1. The molecule has 1 amide bonds. The molecular weight excluding hydrogens is 505 g/mol. The largest absolute Gasteiger partial charge is 0.497 e. The number of hydrogen-bond acceptors (Lipinski definition) is 7. The van der Waals surface area contributed by atoms with Crippen molar-refractivity contribution >= 4 is 42.6 Å². The highest BCUT2D eigenvalue weighted by Crippen LogP contribution is 2.33. The molecule has 2 fully saturated rings. The first-order valence-electron chi connectivity index (χ1n) is 12.0. The van der Waals surface area contributed by atoms with E-state index in [2.05, 4.69) is 4.98 Å². The van der Waals surface area contributed by atoms with Crippen molar-refractivity contribution in [3.05, 3.63) is 48.3 Å². The molecule has 0 aliphatic carbocycles. The summed E-state index contributed by atoms with van der Waals surface area (Å²) in [5.74, 6) is -0.189. The fourth-order valence-corrected chi connectivity index (χ4v) is 7.19. The minimum Gasteiger partial charge on any atom is -0.497 e. The lowest BCUT2D eigenvalue weighted by molar-refractivity contribution is -0.123. The van der Waals surface area contributed by atoms with Crippen LogP contribution in [-0.4, -0.2) is 63.1 Å². The summed E-state index contributed by atoms with van der Waals surface area (Å²) in [6.07, 6.45) is 2.56. The minimum absolute atomic E-state index is 0.0757. The number of amides is 1. The Labute approximate surface area is 213 Å². The summed E-state index contributed by atoms with van der Waals surface area (Å²) >= 11 is 1.28. The minimum atomic E-state index is -3.66. The summed E-state index contributed by atoms with van der Waals surface area (Å²) in [5.41, 5.74) is 0.641. The third-order valence-corrected chi connectivity index (χ3v) is 9.70. The normalized spacial score (nSPS) is 19.6. The number of carbonyl (C=O) groups excluding carboxylic acids is 1. The Morgan fingerprint density at radius 1 is 1.19 bits per heavy atom. The standard InChI is InChI=1S/C25H28FN3O5S2/c1-33-19-5-7-21(8-6-19)36(31,32)28-12-10-17(11-13-28)24(30)29(16-20-3-2-14-34-20)25-27-22-9-4-18(26)15-23(22)35-25/h4-9,15,17,20H,2-3,10-14,16H2,1H3. The van der Waals surface area contributed by atoms with E-state index < -0.39 is 10.0 Å². The highest BCUT2D eigenvalue weighted by Gasteiger charge is 2.36. The van der Waals surface area contributed by atoms with Crippen LogP contribution in [0.2, 0.25) is 0 Å². The van der Waals surface area contributed by atoms with E-state index >= 15 is 0 Å². The molecule has 1 unspecified atom stereocenters. The van der Waals surface area contributed by atoms with Crippen molar-refractivity contribution in [2.75, 3.05) is 38.3 Å². The average Bonchev–Trinajstić information content (AvgIpc) is 3.56. The van der Waals surface area contributed by atoms with Gasteiger partial charge < -0.3 is 9.47 Å². The Hall–Kier alpha value is -2.60. The number of halogens is 1. The Bertz CT molecular complexity index is 1330. The molecule has 2 aliphatic rings. The van der Waals surface area contributed by atoms with E-state index in [1.807, 2.05) is 0 Å². The van der Waals surface area contributed by atoms with E-state index in [1.54, 1.807) is 23.1 Å². The molecule has 0 bridgehead atoms. The van der Waals surface area contributed by atoms with Gasteiger partial charge in [-0.25, -0.2) is 17.8 Å². The van der Waals surface area contributed by atoms with Crippen LogP contribution in [0, 0.1) is 11.7 Å². The third-order valence-electron chi connectivity index (χ3n) is 6.75. The predicted molar refractivity (Wildman–Crippen MR) is 135 cm³/mol. The lowest BCUT2D eigenvalue weighted by Crippen LogP contribution is -2.46. The van der Waals surface area contributed by atoms with Gasteiger partial charge in [0.1, 0.15) is 11.6 Å². The Balaban J connectivity index is 1.32. The van der Waals surface area contributed by atoms with Gasteiger partial charge in [0.05, 0.1) is 34.9 Å². The predicted octanol–water partition coefficient (Wildman–Crippen LogP) is 4.06. The molecule has 2 aliphatic heterocycles. The van der Waals surface area contributed by atoms with E-state index in [1.165, 1.54) is 47.0 Å². The number of methoxy groups -OCH3 is 1. The van der Waals surface area contributed by atoms with Crippen LogP contribution in [0.3, 0.4) is 0 Å². The van der Waals surface area contributed by atoms with Crippen molar-refractivity contribution in [1.29, 1.82) is 0 Å². The fourth-order valence-electron chi connectivity index (χ4n) is 4.72. The topological polar surface area (TPSA) is 89.0 Å². The quantitative estimate of drug-likeness (QED) is 0.455. The van der Waals surface area contributed by atoms with Crippen molar-refractivity contribution in [3.63, 3.8) is 0 Å². The van der Waals surface area contributed by atoms with E-state index in [-0.39, 0.29) is 41.7 Å². The van der Waals surface area contributed by atoms with Crippen LogP contribution in [0.1, 0.15) is 25.7 Å². The molecule has 2 aromatic carbocycles. The van der Waals surface area contributed by atoms with Crippen molar-refractivity contribution < 1.29 is 27.1 Å². The zero-order chi connectivity index (χ0) is 25.3. The maximum absolute atomic E-state index is 13.7. The molecule has 8 nitrogen and oxygen atoms in total. The van der Waals surface area contributed by atoms with Crippen LogP contribution < -0.4 is 9.64 Å². The number of nitrogens with zero attached hydrogens (tertiary/aromatic N) is 3. The molecule has 11 heteroatoms. The van der Waals surface area contributed by atoms with Crippen LogP contribution in [0.4, 0.5) is 9.52 Å². The highest BCUT2D eigenvalue weighted by molar-refractivity contribution is 7.89. The molecular formula is C25H28FN3O5S2. The average molecular weight is 534 g/mol. The molecule has 1 aromatic heterocycles. The number of fused-ring (bicyclic) bond motifs is 1. The summed E-state index contributed by atoms with van der Waals surface area (Å²) in [5, 5.41) is 0.518. The summed E-state index contributed by atoms with van der Waals surface area (Å²) in [7, 11) is -2.13. The van der Waals surface area contributed by atoms with Gasteiger partial charge >= 0.3 is 0 Å². The molecule has 192 valence electrons. The second-order valence-corrected chi connectivity index (χ2v) is 12.0. The van der Waals surface area contributed by atoms with Gasteiger partial charge in [-0.1, -0.05) is 11.3 Å². The Morgan fingerprint density at radius 2 is 1.94 bits per heavy atom. The number of hydrogen-bond donors (Lipinski definition) is 0. The smallest absolute Gasteiger partial charge is 0.243 e. The van der Waals surface area contributed by atoms with Crippen LogP contribution in [0.5, 0.6) is 5.75 Å². The molecule has 3 aromatic rings. The number of aromatic nitrogens is 1. The number of carbonyl (C=O) groups is 1. The van der Waals surface area contributed by atoms with Gasteiger partial charge in [0.2, 0.25) is 15.9 Å². The van der Waals surface area contributed by atoms with E-state index in [0.29, 0.717) is 47.1 Å². The zero-order valence-corrected chi connectivity index (χ0v) is 21.6. The first-order chi connectivity index (χ1) is 17.3. The molecule has 0 saturated carbocycles. The number of anilines is 1. The van der Waals surface area contributed by atoms with Crippen molar-refractivity contribution in [1.82, 2.24) is 9.29 Å². The highest BCUT2D eigenvalue weighted by atomic mass is 32.2. The lowest BCUT2D eigenvalue weighted by Gasteiger charge is -2.33. The number of rotatable bonds is 7. The number of benzene rings is 2. The summed E-state index contributed by atoms with van der Waals surface area (Å²) in [4.78, 5) is 20.2. The number of ether oxygens (including phenoxy) is 2. The van der Waals surface area contributed by atoms with Crippen LogP contribution in [0.15, 0.2) is 47.4 Å². The molecule has 1 atom stereocenters. The SMILES string of the molecule is COc1ccc(S(=O)(=O)N2CCC(C(=O)N(CC3CCCO3)c3nc4ccc(F)cc4s3)CC2)cc1. The fraction of sp³-hybridized carbons (Fsp3) is 0.440. The molecule has 0 spiro atoms. The van der Waals surface area contributed by atoms with Gasteiger partial charge in [0.25, 0.3) is 0 Å². The van der Waals surface area contributed by atoms with Crippen molar-refractivity contribution in [3.8, 4) is 5.75 Å². The molecule has 5 rings (SSSR count). The van der Waals surface area contributed by atoms with Gasteiger partial charge in [-0.2, -0.15) is 4.31 Å². The van der Waals surface area contributed by atoms with E-state index in [0.717, 1.165) is 12.8 Å². The van der Waals surface area contributed by atoms with Gasteiger partial charge in [0, 0.05) is 25.6 Å². The van der Waals surface area contributed by atoms with Crippen molar-refractivity contribution in [2.24, 2.45) is 5.92 Å². The summed E-state index contributed by atoms with van der Waals surface area (Å²) < 4.78 is 53.0. The number of sulfonamides is 1. The van der Waals surface area contributed by atoms with Crippen molar-refractivity contribution in [2.45, 2.75) is 36.7 Å². The monoisotopic (exact) mass is 533 g/mol.